The van der Waals surface area contributed by atoms with Gasteiger partial charge in [-0.1, -0.05) is 23.7 Å². The summed E-state index contributed by atoms with van der Waals surface area (Å²) in [5, 5.41) is 9.54. The topological polar surface area (TPSA) is 29.5 Å². The fourth-order valence-electron chi connectivity index (χ4n) is 1.69. The minimum absolute atomic E-state index is 0.0420. The van der Waals surface area contributed by atoms with E-state index in [2.05, 4.69) is 0 Å². The molecule has 0 atom stereocenters. The van der Waals surface area contributed by atoms with Crippen LogP contribution in [0.1, 0.15) is 12.0 Å². The predicted molar refractivity (Wildman–Crippen MR) is 73.3 cm³/mol. The summed E-state index contributed by atoms with van der Waals surface area (Å²) < 4.78 is 18.2. The zero-order valence-electron chi connectivity index (χ0n) is 10.3. The van der Waals surface area contributed by atoms with Crippen LogP contribution in [0.3, 0.4) is 0 Å². The van der Waals surface area contributed by atoms with Crippen LogP contribution in [0.4, 0.5) is 4.39 Å². The van der Waals surface area contributed by atoms with Gasteiger partial charge in [-0.3, -0.25) is 0 Å². The predicted octanol–water partition coefficient (Wildman–Crippen LogP) is 4.20. The Morgan fingerprint density at radius 3 is 2.53 bits per heavy atom. The number of hydrogen-bond acceptors (Lipinski definition) is 2. The van der Waals surface area contributed by atoms with Crippen LogP contribution in [-0.4, -0.2) is 11.7 Å². The summed E-state index contributed by atoms with van der Waals surface area (Å²) in [4.78, 5) is 0. The quantitative estimate of drug-likeness (QED) is 0.832. The Morgan fingerprint density at radius 2 is 1.84 bits per heavy atom. The number of hydrogen-bond donors (Lipinski definition) is 1. The summed E-state index contributed by atoms with van der Waals surface area (Å²) >= 11 is 5.77. The summed E-state index contributed by atoms with van der Waals surface area (Å²) in [6.45, 7) is 0.540. The summed E-state index contributed by atoms with van der Waals surface area (Å²) in [5.74, 6) is 0.445. The molecule has 0 aliphatic rings. The van der Waals surface area contributed by atoms with E-state index in [0.29, 0.717) is 12.4 Å². The Bertz CT molecular complexity index is 540. The van der Waals surface area contributed by atoms with Crippen LogP contribution in [0.15, 0.2) is 42.5 Å². The summed E-state index contributed by atoms with van der Waals surface area (Å²) in [6.07, 6.45) is 1.65. The van der Waals surface area contributed by atoms with Gasteiger partial charge >= 0.3 is 0 Å². The minimum Gasteiger partial charge on any atom is -0.506 e. The third kappa shape index (κ3) is 4.14. The van der Waals surface area contributed by atoms with Gasteiger partial charge in [-0.25, -0.2) is 4.39 Å². The Balaban J connectivity index is 1.77. The Labute approximate surface area is 116 Å². The maximum atomic E-state index is 12.7. The Morgan fingerprint density at radius 1 is 1.11 bits per heavy atom. The number of aromatic hydroxyl groups is 1. The highest BCUT2D eigenvalue weighted by Crippen LogP contribution is 2.27. The van der Waals surface area contributed by atoms with Gasteiger partial charge in [0, 0.05) is 6.07 Å². The first-order valence-electron chi connectivity index (χ1n) is 6.01. The molecule has 1 N–H and O–H groups in total. The number of phenols is 1. The molecule has 2 aromatic rings. The molecule has 0 spiro atoms. The molecule has 2 rings (SSSR count). The molecule has 0 heterocycles. The van der Waals surface area contributed by atoms with Gasteiger partial charge in [0.05, 0.1) is 11.6 Å². The van der Waals surface area contributed by atoms with Gasteiger partial charge in [0.2, 0.25) is 0 Å². The van der Waals surface area contributed by atoms with E-state index in [1.807, 2.05) is 0 Å². The molecule has 0 amide bonds. The molecule has 2 nitrogen and oxygen atoms in total. The number of halogens is 2. The standard InChI is InChI=1S/C15H14ClFO2/c16-14-10-13(7-8-15(14)18)19-9-1-2-11-3-5-12(17)6-4-11/h3-8,10,18H,1-2,9H2. The third-order valence-electron chi connectivity index (χ3n) is 2.71. The number of ether oxygens (including phenoxy) is 1. The molecular weight excluding hydrogens is 267 g/mol. The maximum absolute atomic E-state index is 12.7. The van der Waals surface area contributed by atoms with E-state index in [1.165, 1.54) is 18.2 Å². The van der Waals surface area contributed by atoms with E-state index < -0.39 is 0 Å². The average Bonchev–Trinajstić information content (AvgIpc) is 2.41. The van der Waals surface area contributed by atoms with Crippen LogP contribution in [-0.2, 0) is 6.42 Å². The van der Waals surface area contributed by atoms with E-state index >= 15 is 0 Å². The zero-order chi connectivity index (χ0) is 13.7. The van der Waals surface area contributed by atoms with Crippen molar-refractivity contribution in [3.8, 4) is 11.5 Å². The first-order valence-corrected chi connectivity index (χ1v) is 6.39. The second-order valence-corrected chi connectivity index (χ2v) is 4.60. The first-order chi connectivity index (χ1) is 9.15. The van der Waals surface area contributed by atoms with Crippen LogP contribution in [0, 0.1) is 5.82 Å². The van der Waals surface area contributed by atoms with Crippen molar-refractivity contribution < 1.29 is 14.2 Å². The highest BCUT2D eigenvalue weighted by molar-refractivity contribution is 6.32. The van der Waals surface area contributed by atoms with Gasteiger partial charge in [-0.2, -0.15) is 0 Å². The van der Waals surface area contributed by atoms with Crippen LogP contribution in [0.25, 0.3) is 0 Å². The normalized spacial score (nSPS) is 10.4. The molecule has 0 radical (unpaired) electrons. The summed E-state index contributed by atoms with van der Waals surface area (Å²) in [7, 11) is 0. The molecule has 0 aromatic heterocycles. The van der Waals surface area contributed by atoms with Crippen molar-refractivity contribution in [2.24, 2.45) is 0 Å². The van der Waals surface area contributed by atoms with Crippen molar-refractivity contribution in [1.82, 2.24) is 0 Å². The van der Waals surface area contributed by atoms with Crippen molar-refractivity contribution >= 4 is 11.6 Å². The smallest absolute Gasteiger partial charge is 0.134 e. The zero-order valence-corrected chi connectivity index (χ0v) is 11.0. The van der Waals surface area contributed by atoms with Crippen LogP contribution in [0.2, 0.25) is 5.02 Å². The van der Waals surface area contributed by atoms with Gasteiger partial charge in [0.25, 0.3) is 0 Å². The van der Waals surface area contributed by atoms with Gasteiger partial charge in [0.1, 0.15) is 17.3 Å². The van der Waals surface area contributed by atoms with E-state index in [0.717, 1.165) is 18.4 Å². The van der Waals surface area contributed by atoms with Crippen molar-refractivity contribution in [2.75, 3.05) is 6.61 Å². The number of phenolic OH excluding ortho intramolecular Hbond substituents is 1. The van der Waals surface area contributed by atoms with Crippen LogP contribution in [0.5, 0.6) is 11.5 Å². The monoisotopic (exact) mass is 280 g/mol. The van der Waals surface area contributed by atoms with Crippen molar-refractivity contribution in [3.63, 3.8) is 0 Å². The molecule has 0 saturated carbocycles. The SMILES string of the molecule is Oc1ccc(OCCCc2ccc(F)cc2)cc1Cl. The van der Waals surface area contributed by atoms with E-state index in [-0.39, 0.29) is 16.6 Å². The molecule has 0 fully saturated rings. The van der Waals surface area contributed by atoms with Gasteiger partial charge in [-0.05, 0) is 42.7 Å². The number of aryl methyl sites for hydroxylation is 1. The number of benzene rings is 2. The van der Waals surface area contributed by atoms with Crippen molar-refractivity contribution in [1.29, 1.82) is 0 Å². The van der Waals surface area contributed by atoms with Gasteiger partial charge < -0.3 is 9.84 Å². The number of rotatable bonds is 5. The lowest BCUT2D eigenvalue weighted by molar-refractivity contribution is 0.310. The lowest BCUT2D eigenvalue weighted by Gasteiger charge is -2.07. The molecule has 2 aromatic carbocycles. The largest absolute Gasteiger partial charge is 0.506 e. The summed E-state index contributed by atoms with van der Waals surface area (Å²) in [5.41, 5.74) is 1.08. The molecule has 0 bridgehead atoms. The minimum atomic E-state index is -0.223. The Kier molecular flexibility index (Phi) is 4.63. The first kappa shape index (κ1) is 13.7. The fraction of sp³-hybridized carbons (Fsp3) is 0.200. The average molecular weight is 281 g/mol. The Hall–Kier alpha value is -1.74. The lowest BCUT2D eigenvalue weighted by atomic mass is 10.1. The third-order valence-corrected chi connectivity index (χ3v) is 3.01. The second-order valence-electron chi connectivity index (χ2n) is 4.19. The van der Waals surface area contributed by atoms with Crippen molar-refractivity contribution in [2.45, 2.75) is 12.8 Å². The maximum Gasteiger partial charge on any atom is 0.134 e. The molecule has 19 heavy (non-hydrogen) atoms. The van der Waals surface area contributed by atoms with E-state index in [1.54, 1.807) is 24.3 Å². The molecule has 0 aliphatic heterocycles. The summed E-state index contributed by atoms with van der Waals surface area (Å²) in [6, 6.07) is 11.2. The van der Waals surface area contributed by atoms with Gasteiger partial charge in [-0.15, -0.1) is 0 Å². The highest BCUT2D eigenvalue weighted by Gasteiger charge is 2.01. The van der Waals surface area contributed by atoms with Crippen LogP contribution >= 0.6 is 11.6 Å². The van der Waals surface area contributed by atoms with Crippen molar-refractivity contribution in [3.05, 3.63) is 58.9 Å². The van der Waals surface area contributed by atoms with Crippen LogP contribution < -0.4 is 4.74 Å². The molecule has 0 aliphatic carbocycles. The van der Waals surface area contributed by atoms with E-state index in [4.69, 9.17) is 16.3 Å². The second kappa shape index (κ2) is 6.43. The van der Waals surface area contributed by atoms with Gasteiger partial charge in [0.15, 0.2) is 0 Å². The molecule has 0 unspecified atom stereocenters. The molecule has 0 saturated heterocycles. The molecular formula is C15H14ClFO2. The van der Waals surface area contributed by atoms with E-state index in [9.17, 15) is 9.50 Å². The molecule has 4 heteroatoms. The highest BCUT2D eigenvalue weighted by atomic mass is 35.5. The molecule has 100 valence electrons. The fourth-order valence-corrected chi connectivity index (χ4v) is 1.87. The lowest BCUT2D eigenvalue weighted by Crippen LogP contribution is -1.99.